The number of carbonyl (C=O) groups excluding carboxylic acids is 1. The molecule has 3 heteroatoms. The molecule has 0 heterocycles. The summed E-state index contributed by atoms with van der Waals surface area (Å²) < 4.78 is 0. The normalized spacial score (nSPS) is 10.1. The lowest BCUT2D eigenvalue weighted by Crippen LogP contribution is -2.24. The van der Waals surface area contributed by atoms with E-state index in [0.717, 1.165) is 37.1 Å². The van der Waals surface area contributed by atoms with Crippen LogP contribution < -0.4 is 11.1 Å². The Labute approximate surface area is 97.0 Å². The number of anilines is 1. The van der Waals surface area contributed by atoms with E-state index in [1.165, 1.54) is 0 Å². The molecule has 3 N–H and O–H groups in total. The highest BCUT2D eigenvalue weighted by Gasteiger charge is 2.01. The highest BCUT2D eigenvalue weighted by Crippen LogP contribution is 2.08. The molecule has 0 aliphatic rings. The fourth-order valence-corrected chi connectivity index (χ4v) is 1.50. The second kappa shape index (κ2) is 6.88. The average Bonchev–Trinajstić information content (AvgIpc) is 2.27. The lowest BCUT2D eigenvalue weighted by atomic mass is 10.1. The predicted octanol–water partition coefficient (Wildman–Crippen LogP) is 2.12. The third-order valence-electron chi connectivity index (χ3n) is 2.44. The summed E-state index contributed by atoms with van der Waals surface area (Å²) in [6, 6.07) is 7.68. The summed E-state index contributed by atoms with van der Waals surface area (Å²) in [5.41, 5.74) is 7.53. The Hall–Kier alpha value is -1.51. The number of benzene rings is 1. The topological polar surface area (TPSA) is 55.1 Å². The van der Waals surface area contributed by atoms with Gasteiger partial charge in [0.1, 0.15) is 0 Å². The van der Waals surface area contributed by atoms with Crippen LogP contribution in [-0.4, -0.2) is 12.5 Å². The van der Waals surface area contributed by atoms with Crippen LogP contribution in [0.15, 0.2) is 24.3 Å². The van der Waals surface area contributed by atoms with Crippen molar-refractivity contribution in [1.29, 1.82) is 0 Å². The van der Waals surface area contributed by atoms with E-state index in [1.807, 2.05) is 24.3 Å². The third-order valence-corrected chi connectivity index (χ3v) is 2.44. The lowest BCUT2D eigenvalue weighted by molar-refractivity contribution is -0.121. The Bertz CT molecular complexity index is 336. The number of nitrogens with two attached hydrogens (primary N) is 1. The van der Waals surface area contributed by atoms with Crippen LogP contribution >= 0.6 is 0 Å². The number of rotatable bonds is 6. The second-order valence-electron chi connectivity index (χ2n) is 3.95. The molecule has 0 saturated carbocycles. The summed E-state index contributed by atoms with van der Waals surface area (Å²) >= 11 is 0. The molecule has 16 heavy (non-hydrogen) atoms. The van der Waals surface area contributed by atoms with Gasteiger partial charge in [0.25, 0.3) is 0 Å². The quantitative estimate of drug-likeness (QED) is 0.570. The lowest BCUT2D eigenvalue weighted by Gasteiger charge is -2.04. The van der Waals surface area contributed by atoms with Gasteiger partial charge >= 0.3 is 0 Å². The van der Waals surface area contributed by atoms with Crippen LogP contribution in [0, 0.1) is 0 Å². The summed E-state index contributed by atoms with van der Waals surface area (Å²) in [6.07, 6.45) is 3.44. The fourth-order valence-electron chi connectivity index (χ4n) is 1.50. The molecule has 0 atom stereocenters. The van der Waals surface area contributed by atoms with Crippen LogP contribution in [0.25, 0.3) is 0 Å². The monoisotopic (exact) mass is 220 g/mol. The zero-order chi connectivity index (χ0) is 11.8. The van der Waals surface area contributed by atoms with E-state index in [4.69, 9.17) is 5.73 Å². The highest BCUT2D eigenvalue weighted by atomic mass is 16.1. The number of nitrogens with one attached hydrogen (secondary N) is 1. The molecule has 0 unspecified atom stereocenters. The van der Waals surface area contributed by atoms with Gasteiger partial charge in [-0.25, -0.2) is 0 Å². The maximum Gasteiger partial charge on any atom is 0.220 e. The molecule has 1 aromatic carbocycles. The summed E-state index contributed by atoms with van der Waals surface area (Å²) in [5.74, 6) is 0.121. The minimum Gasteiger partial charge on any atom is -0.399 e. The molecule has 0 saturated heterocycles. The molecule has 1 rings (SSSR count). The Morgan fingerprint density at radius 3 is 2.94 bits per heavy atom. The number of unbranched alkanes of at least 4 members (excludes halogenated alkanes) is 1. The Kier molecular flexibility index (Phi) is 5.40. The van der Waals surface area contributed by atoms with E-state index < -0.39 is 0 Å². The van der Waals surface area contributed by atoms with Gasteiger partial charge in [0, 0.05) is 18.7 Å². The zero-order valence-electron chi connectivity index (χ0n) is 9.83. The van der Waals surface area contributed by atoms with Crippen molar-refractivity contribution >= 4 is 11.6 Å². The fraction of sp³-hybridized carbons (Fsp3) is 0.462. The minimum atomic E-state index is 0.121. The molecule has 0 aliphatic carbocycles. The average molecular weight is 220 g/mol. The van der Waals surface area contributed by atoms with Gasteiger partial charge in [-0.1, -0.05) is 25.5 Å². The number of hydrogen-bond acceptors (Lipinski definition) is 2. The van der Waals surface area contributed by atoms with Gasteiger partial charge in [0.2, 0.25) is 5.91 Å². The Morgan fingerprint density at radius 1 is 1.44 bits per heavy atom. The van der Waals surface area contributed by atoms with E-state index >= 15 is 0 Å². The van der Waals surface area contributed by atoms with Crippen molar-refractivity contribution in [3.63, 3.8) is 0 Å². The smallest absolute Gasteiger partial charge is 0.220 e. The molecule has 0 fully saturated rings. The number of hydrogen-bond donors (Lipinski definition) is 2. The van der Waals surface area contributed by atoms with Crippen molar-refractivity contribution < 1.29 is 4.79 Å². The van der Waals surface area contributed by atoms with Crippen LogP contribution in [-0.2, 0) is 11.2 Å². The van der Waals surface area contributed by atoms with Gasteiger partial charge in [-0.3, -0.25) is 4.79 Å². The van der Waals surface area contributed by atoms with Gasteiger partial charge in [-0.2, -0.15) is 0 Å². The van der Waals surface area contributed by atoms with Crippen molar-refractivity contribution in [2.45, 2.75) is 32.6 Å². The summed E-state index contributed by atoms with van der Waals surface area (Å²) in [5, 5.41) is 2.90. The van der Waals surface area contributed by atoms with Gasteiger partial charge < -0.3 is 11.1 Å². The van der Waals surface area contributed by atoms with Gasteiger partial charge in [0.05, 0.1) is 0 Å². The first-order chi connectivity index (χ1) is 7.72. The van der Waals surface area contributed by atoms with Gasteiger partial charge in [0.15, 0.2) is 0 Å². The third kappa shape index (κ3) is 4.82. The molecular formula is C13H20N2O. The van der Waals surface area contributed by atoms with Crippen LogP contribution in [0.3, 0.4) is 0 Å². The molecule has 0 spiro atoms. The first-order valence-corrected chi connectivity index (χ1v) is 5.83. The van der Waals surface area contributed by atoms with Crippen molar-refractivity contribution in [1.82, 2.24) is 5.32 Å². The van der Waals surface area contributed by atoms with Crippen molar-refractivity contribution in [3.05, 3.63) is 29.8 Å². The SMILES string of the molecule is CCCCNC(=O)CCc1cccc(N)c1. The predicted molar refractivity (Wildman–Crippen MR) is 67.1 cm³/mol. The van der Waals surface area contributed by atoms with Crippen LogP contribution in [0.2, 0.25) is 0 Å². The maximum absolute atomic E-state index is 11.4. The molecule has 0 aromatic heterocycles. The van der Waals surface area contributed by atoms with E-state index in [0.29, 0.717) is 6.42 Å². The van der Waals surface area contributed by atoms with Crippen molar-refractivity contribution in [3.8, 4) is 0 Å². The van der Waals surface area contributed by atoms with Crippen LogP contribution in [0.5, 0.6) is 0 Å². The van der Waals surface area contributed by atoms with E-state index in [-0.39, 0.29) is 5.91 Å². The molecule has 1 aromatic rings. The van der Waals surface area contributed by atoms with Crippen molar-refractivity contribution in [2.75, 3.05) is 12.3 Å². The van der Waals surface area contributed by atoms with E-state index in [9.17, 15) is 4.79 Å². The van der Waals surface area contributed by atoms with E-state index in [2.05, 4.69) is 12.2 Å². The minimum absolute atomic E-state index is 0.121. The molecule has 0 aliphatic heterocycles. The standard InChI is InChI=1S/C13H20N2O/c1-2-3-9-15-13(16)8-7-11-5-4-6-12(14)10-11/h4-6,10H,2-3,7-9,14H2,1H3,(H,15,16). The largest absolute Gasteiger partial charge is 0.399 e. The maximum atomic E-state index is 11.4. The number of nitrogen functional groups attached to an aromatic ring is 1. The first-order valence-electron chi connectivity index (χ1n) is 5.83. The molecular weight excluding hydrogens is 200 g/mol. The highest BCUT2D eigenvalue weighted by molar-refractivity contribution is 5.76. The van der Waals surface area contributed by atoms with Gasteiger partial charge in [-0.15, -0.1) is 0 Å². The van der Waals surface area contributed by atoms with Crippen LogP contribution in [0.1, 0.15) is 31.7 Å². The second-order valence-corrected chi connectivity index (χ2v) is 3.95. The zero-order valence-corrected chi connectivity index (χ0v) is 9.83. The summed E-state index contributed by atoms with van der Waals surface area (Å²) in [7, 11) is 0. The Balaban J connectivity index is 2.26. The van der Waals surface area contributed by atoms with Crippen molar-refractivity contribution in [2.24, 2.45) is 0 Å². The number of carbonyl (C=O) groups is 1. The molecule has 88 valence electrons. The number of amides is 1. The molecule has 0 radical (unpaired) electrons. The van der Waals surface area contributed by atoms with Crippen LogP contribution in [0.4, 0.5) is 5.69 Å². The van der Waals surface area contributed by atoms with E-state index in [1.54, 1.807) is 0 Å². The first kappa shape index (κ1) is 12.6. The molecule has 3 nitrogen and oxygen atoms in total. The molecule has 0 bridgehead atoms. The summed E-state index contributed by atoms with van der Waals surface area (Å²) in [6.45, 7) is 2.89. The Morgan fingerprint density at radius 2 is 2.25 bits per heavy atom. The number of aryl methyl sites for hydroxylation is 1. The van der Waals surface area contributed by atoms with Gasteiger partial charge in [-0.05, 0) is 30.5 Å². The molecule has 1 amide bonds. The summed E-state index contributed by atoms with van der Waals surface area (Å²) in [4.78, 5) is 11.4.